The summed E-state index contributed by atoms with van der Waals surface area (Å²) in [5.41, 5.74) is 5.51. The second-order valence-electron chi connectivity index (χ2n) is 13.6. The van der Waals surface area contributed by atoms with Crippen molar-refractivity contribution in [3.05, 3.63) is 0 Å². The lowest BCUT2D eigenvalue weighted by atomic mass is 9.99. The van der Waals surface area contributed by atoms with E-state index in [1.807, 2.05) is 13.8 Å². The fraction of sp³-hybridized carbons (Fsp3) is 0.865. The number of amides is 5. The van der Waals surface area contributed by atoms with Crippen LogP contribution in [0, 0.1) is 5.92 Å². The van der Waals surface area contributed by atoms with Crippen LogP contribution >= 0.6 is 0 Å². The Morgan fingerprint density at radius 3 is 1.40 bits per heavy atom. The van der Waals surface area contributed by atoms with Gasteiger partial charge in [0.1, 0.15) is 12.1 Å². The molecule has 0 saturated carbocycles. The maximum Gasteiger partial charge on any atom is 0.329 e. The van der Waals surface area contributed by atoms with Crippen molar-refractivity contribution in [3.8, 4) is 0 Å². The molecule has 0 bridgehead atoms. The van der Waals surface area contributed by atoms with E-state index < -0.39 is 36.1 Å². The summed E-state index contributed by atoms with van der Waals surface area (Å²) in [6, 6.07) is -2.85. The van der Waals surface area contributed by atoms with Gasteiger partial charge >= 0.3 is 24.0 Å². The van der Waals surface area contributed by atoms with Crippen LogP contribution in [-0.4, -0.2) is 71.8 Å². The Bertz CT molecular complexity index is 908. The van der Waals surface area contributed by atoms with E-state index in [9.17, 15) is 24.0 Å². The third kappa shape index (κ3) is 28.7. The minimum Gasteiger partial charge on any atom is -0.481 e. The summed E-state index contributed by atoms with van der Waals surface area (Å²) in [6.45, 7) is 7.68. The minimum absolute atomic E-state index is 0.0385. The molecule has 292 valence electrons. The standard InChI is InChI=1S/C37H72N6O7/c1-4-6-7-8-9-10-11-12-13-14-15-16-17-18-19-22-27-38-34(46)33(30(3)5-2)42-43-37(50)40-29-24-21-20-23-28-39-36(49)41-31(35(47)48)25-26-32(44)45/h30-31,33,42H,4-29H2,1-3H3,(H,38,46)(H,44,45)(H,47,48)(H2,39,41,49)(H2,40,43,50)/t30-,31-,33-/m0/s1. The van der Waals surface area contributed by atoms with Crippen LogP contribution in [-0.2, 0) is 14.4 Å². The summed E-state index contributed by atoms with van der Waals surface area (Å²) in [4.78, 5) is 58.8. The van der Waals surface area contributed by atoms with Gasteiger partial charge in [0.25, 0.3) is 0 Å². The van der Waals surface area contributed by atoms with E-state index in [0.717, 1.165) is 38.5 Å². The number of aliphatic carboxylic acids is 2. The molecule has 13 heteroatoms. The molecule has 0 aliphatic heterocycles. The fourth-order valence-electron chi connectivity index (χ4n) is 5.63. The molecule has 3 atom stereocenters. The molecular formula is C37H72N6O7. The monoisotopic (exact) mass is 713 g/mol. The van der Waals surface area contributed by atoms with Gasteiger partial charge in [-0.15, -0.1) is 0 Å². The van der Waals surface area contributed by atoms with Gasteiger partial charge in [-0.25, -0.2) is 19.8 Å². The van der Waals surface area contributed by atoms with Crippen molar-refractivity contribution in [1.82, 2.24) is 32.1 Å². The van der Waals surface area contributed by atoms with E-state index in [0.29, 0.717) is 26.1 Å². The number of hydrogen-bond donors (Lipinski definition) is 8. The van der Waals surface area contributed by atoms with Gasteiger partial charge in [-0.2, -0.15) is 0 Å². The molecule has 0 unspecified atom stereocenters. The fourth-order valence-corrected chi connectivity index (χ4v) is 5.63. The molecule has 0 radical (unpaired) electrons. The SMILES string of the molecule is CCCCCCCCCCCCCCCCCCNC(=O)[C@@H](NNC(=O)NCCCCCCNC(=O)N[C@@H](CCC(=O)O)C(=O)O)[C@@H](C)CC. The van der Waals surface area contributed by atoms with Crippen molar-refractivity contribution >= 4 is 29.9 Å². The van der Waals surface area contributed by atoms with Crippen molar-refractivity contribution < 1.29 is 34.2 Å². The van der Waals surface area contributed by atoms with Crippen molar-refractivity contribution in [2.45, 2.75) is 181 Å². The Hall–Kier alpha value is -3.09. The smallest absolute Gasteiger partial charge is 0.329 e. The summed E-state index contributed by atoms with van der Waals surface area (Å²) in [6.07, 6.45) is 24.2. The first-order chi connectivity index (χ1) is 24.1. The maximum atomic E-state index is 12.9. The number of hydrazine groups is 1. The molecule has 13 nitrogen and oxygen atoms in total. The van der Waals surface area contributed by atoms with Gasteiger partial charge in [0.15, 0.2) is 0 Å². The number of nitrogens with one attached hydrogen (secondary N) is 6. The van der Waals surface area contributed by atoms with Crippen LogP contribution < -0.4 is 32.1 Å². The van der Waals surface area contributed by atoms with Crippen LogP contribution in [0.1, 0.15) is 168 Å². The first-order valence-corrected chi connectivity index (χ1v) is 19.7. The molecule has 0 saturated heterocycles. The van der Waals surface area contributed by atoms with Gasteiger partial charge in [0, 0.05) is 26.1 Å². The Labute approximate surface area is 302 Å². The normalized spacial score (nSPS) is 12.8. The summed E-state index contributed by atoms with van der Waals surface area (Å²) in [7, 11) is 0. The maximum absolute atomic E-state index is 12.9. The van der Waals surface area contributed by atoms with Crippen molar-refractivity contribution in [3.63, 3.8) is 0 Å². The number of rotatable bonds is 34. The van der Waals surface area contributed by atoms with Crippen molar-refractivity contribution in [2.24, 2.45) is 5.92 Å². The predicted molar refractivity (Wildman–Crippen MR) is 199 cm³/mol. The quantitative estimate of drug-likeness (QED) is 0.0264. The Morgan fingerprint density at radius 1 is 0.560 bits per heavy atom. The van der Waals surface area contributed by atoms with Crippen LogP contribution in [0.5, 0.6) is 0 Å². The van der Waals surface area contributed by atoms with Gasteiger partial charge < -0.3 is 31.5 Å². The Kier molecular flexibility index (Phi) is 31.0. The zero-order valence-corrected chi connectivity index (χ0v) is 31.6. The van der Waals surface area contributed by atoms with Crippen molar-refractivity contribution in [1.29, 1.82) is 0 Å². The molecule has 0 aromatic heterocycles. The number of hydrogen-bond acceptors (Lipinski definition) is 6. The predicted octanol–water partition coefficient (Wildman–Crippen LogP) is 6.76. The van der Waals surface area contributed by atoms with Gasteiger partial charge in [-0.1, -0.05) is 136 Å². The van der Waals surface area contributed by atoms with Crippen LogP contribution in [0.4, 0.5) is 9.59 Å². The van der Waals surface area contributed by atoms with Gasteiger partial charge in [-0.05, 0) is 31.6 Å². The van der Waals surface area contributed by atoms with Crippen LogP contribution in [0.15, 0.2) is 0 Å². The van der Waals surface area contributed by atoms with E-state index >= 15 is 0 Å². The first-order valence-electron chi connectivity index (χ1n) is 19.7. The Balaban J connectivity index is 3.91. The number of carbonyl (C=O) groups excluding carboxylic acids is 3. The lowest BCUT2D eigenvalue weighted by Crippen LogP contribution is -2.56. The van der Waals surface area contributed by atoms with E-state index in [2.05, 4.69) is 39.0 Å². The molecule has 0 aliphatic carbocycles. The largest absolute Gasteiger partial charge is 0.481 e. The highest BCUT2D eigenvalue weighted by molar-refractivity contribution is 5.83. The summed E-state index contributed by atoms with van der Waals surface area (Å²) < 4.78 is 0. The minimum atomic E-state index is -1.28. The van der Waals surface area contributed by atoms with Crippen molar-refractivity contribution in [2.75, 3.05) is 19.6 Å². The highest BCUT2D eigenvalue weighted by Crippen LogP contribution is 2.14. The lowest BCUT2D eigenvalue weighted by Gasteiger charge is -2.24. The molecule has 5 amide bonds. The van der Waals surface area contributed by atoms with Crippen LogP contribution in [0.25, 0.3) is 0 Å². The lowest BCUT2D eigenvalue weighted by molar-refractivity contribution is -0.140. The molecule has 0 heterocycles. The number of carbonyl (C=O) groups is 5. The third-order valence-corrected chi connectivity index (χ3v) is 9.09. The molecule has 0 aromatic carbocycles. The number of unbranched alkanes of at least 4 members (excludes halogenated alkanes) is 18. The zero-order chi connectivity index (χ0) is 37.2. The molecule has 0 aromatic rings. The Morgan fingerprint density at radius 2 is 0.980 bits per heavy atom. The molecule has 0 rings (SSSR count). The second-order valence-corrected chi connectivity index (χ2v) is 13.6. The second kappa shape index (κ2) is 33.1. The van der Waals surface area contributed by atoms with E-state index in [-0.39, 0.29) is 24.7 Å². The highest BCUT2D eigenvalue weighted by atomic mass is 16.4. The van der Waals surface area contributed by atoms with Crippen LogP contribution in [0.2, 0.25) is 0 Å². The van der Waals surface area contributed by atoms with E-state index in [1.165, 1.54) is 89.9 Å². The molecule has 0 aliphatic rings. The van der Waals surface area contributed by atoms with Crippen LogP contribution in [0.3, 0.4) is 0 Å². The summed E-state index contributed by atoms with van der Waals surface area (Å²) in [5, 5.41) is 28.5. The molecule has 0 spiro atoms. The van der Waals surface area contributed by atoms with Gasteiger partial charge in [0.05, 0.1) is 0 Å². The molecule has 50 heavy (non-hydrogen) atoms. The number of carboxylic acid groups (broad SMARTS) is 2. The van der Waals surface area contributed by atoms with Gasteiger partial charge in [0.2, 0.25) is 5.91 Å². The first kappa shape index (κ1) is 46.9. The summed E-state index contributed by atoms with van der Waals surface area (Å²) >= 11 is 0. The summed E-state index contributed by atoms with van der Waals surface area (Å²) in [5.74, 6) is -2.49. The molecular weight excluding hydrogens is 640 g/mol. The van der Waals surface area contributed by atoms with E-state index in [1.54, 1.807) is 0 Å². The topological polar surface area (TPSA) is 198 Å². The third-order valence-electron chi connectivity index (χ3n) is 9.09. The van der Waals surface area contributed by atoms with E-state index in [4.69, 9.17) is 10.2 Å². The van der Waals surface area contributed by atoms with Gasteiger partial charge in [-0.3, -0.25) is 15.0 Å². The number of urea groups is 2. The average molecular weight is 713 g/mol. The zero-order valence-electron chi connectivity index (χ0n) is 31.6. The average Bonchev–Trinajstić information content (AvgIpc) is 3.08. The highest BCUT2D eigenvalue weighted by Gasteiger charge is 2.24. The molecule has 0 fully saturated rings. The molecule has 8 N–H and O–H groups in total. The number of carboxylic acids is 2.